The summed E-state index contributed by atoms with van der Waals surface area (Å²) in [6, 6.07) is 9.90. The third-order valence-corrected chi connectivity index (χ3v) is 4.41. The maximum absolute atomic E-state index is 5.69. The smallest absolute Gasteiger partial charge is 0.191 e. The molecule has 25 heavy (non-hydrogen) atoms. The van der Waals surface area contributed by atoms with Crippen LogP contribution in [0.5, 0.6) is 5.75 Å². The summed E-state index contributed by atoms with van der Waals surface area (Å²) in [5.74, 6) is 3.20. The summed E-state index contributed by atoms with van der Waals surface area (Å²) in [5.41, 5.74) is 0. The van der Waals surface area contributed by atoms with Gasteiger partial charge in [-0.1, -0.05) is 32.0 Å². The van der Waals surface area contributed by atoms with E-state index < -0.39 is 0 Å². The van der Waals surface area contributed by atoms with Crippen LogP contribution < -0.4 is 15.4 Å². The Kier molecular flexibility index (Phi) is 8.60. The molecule has 1 heterocycles. The van der Waals surface area contributed by atoms with Crippen LogP contribution in [-0.2, 0) is 0 Å². The third-order valence-electron chi connectivity index (χ3n) is 4.41. The molecule has 5 nitrogen and oxygen atoms in total. The van der Waals surface area contributed by atoms with Gasteiger partial charge in [0.1, 0.15) is 12.4 Å². The van der Waals surface area contributed by atoms with Crippen LogP contribution in [-0.4, -0.2) is 57.2 Å². The molecular weight excluding hydrogens is 312 g/mol. The average molecular weight is 347 g/mol. The van der Waals surface area contributed by atoms with Gasteiger partial charge < -0.3 is 20.3 Å². The highest BCUT2D eigenvalue weighted by Gasteiger charge is 2.20. The van der Waals surface area contributed by atoms with E-state index in [2.05, 4.69) is 34.4 Å². The van der Waals surface area contributed by atoms with E-state index in [1.54, 1.807) is 0 Å². The molecule has 2 N–H and O–H groups in total. The van der Waals surface area contributed by atoms with Crippen LogP contribution in [0.1, 0.15) is 26.7 Å². The first-order valence-corrected chi connectivity index (χ1v) is 9.52. The molecule has 1 fully saturated rings. The van der Waals surface area contributed by atoms with Crippen LogP contribution in [0.25, 0.3) is 0 Å². The van der Waals surface area contributed by atoms with Gasteiger partial charge in [-0.3, -0.25) is 4.99 Å². The maximum Gasteiger partial charge on any atom is 0.191 e. The van der Waals surface area contributed by atoms with Crippen molar-refractivity contribution in [1.29, 1.82) is 0 Å². The fourth-order valence-electron chi connectivity index (χ4n) is 3.32. The summed E-state index contributed by atoms with van der Waals surface area (Å²) in [7, 11) is 1.82. The standard InChI is InChI=1S/C20H34N4O/c1-17(2)15-24-12-7-8-18(16-24)14-23-20(21-3)22-11-13-25-19-9-5-4-6-10-19/h4-6,9-10,17-18H,7-8,11-16H2,1-3H3,(H2,21,22,23). The van der Waals surface area contributed by atoms with Crippen molar-refractivity contribution < 1.29 is 4.74 Å². The molecule has 5 heteroatoms. The van der Waals surface area contributed by atoms with Gasteiger partial charge in [-0.2, -0.15) is 0 Å². The second-order valence-electron chi connectivity index (χ2n) is 7.20. The molecule has 1 unspecified atom stereocenters. The lowest BCUT2D eigenvalue weighted by Gasteiger charge is -2.34. The highest BCUT2D eigenvalue weighted by molar-refractivity contribution is 5.79. The number of hydrogen-bond donors (Lipinski definition) is 2. The lowest BCUT2D eigenvalue weighted by Crippen LogP contribution is -2.45. The molecule has 0 bridgehead atoms. The molecule has 1 aliphatic rings. The van der Waals surface area contributed by atoms with Crippen molar-refractivity contribution in [2.45, 2.75) is 26.7 Å². The lowest BCUT2D eigenvalue weighted by atomic mass is 9.97. The number of likely N-dealkylation sites (tertiary alicyclic amines) is 1. The van der Waals surface area contributed by atoms with Crippen molar-refractivity contribution >= 4 is 5.96 Å². The van der Waals surface area contributed by atoms with Crippen LogP contribution in [0, 0.1) is 11.8 Å². The van der Waals surface area contributed by atoms with Gasteiger partial charge in [0.15, 0.2) is 5.96 Å². The van der Waals surface area contributed by atoms with Crippen molar-refractivity contribution in [3.8, 4) is 5.75 Å². The number of hydrogen-bond acceptors (Lipinski definition) is 3. The minimum atomic E-state index is 0.621. The molecule has 1 aromatic rings. The van der Waals surface area contributed by atoms with Gasteiger partial charge in [-0.05, 0) is 43.4 Å². The quantitative estimate of drug-likeness (QED) is 0.432. The van der Waals surface area contributed by atoms with Crippen LogP contribution in [0.15, 0.2) is 35.3 Å². The van der Waals surface area contributed by atoms with Crippen molar-refractivity contribution in [3.63, 3.8) is 0 Å². The van der Waals surface area contributed by atoms with Gasteiger partial charge in [-0.25, -0.2) is 0 Å². The van der Waals surface area contributed by atoms with Crippen LogP contribution in [0.2, 0.25) is 0 Å². The number of benzene rings is 1. The average Bonchev–Trinajstić information content (AvgIpc) is 2.62. The minimum Gasteiger partial charge on any atom is -0.492 e. The number of guanidine groups is 1. The van der Waals surface area contributed by atoms with Crippen LogP contribution in [0.4, 0.5) is 0 Å². The normalized spacial score (nSPS) is 19.0. The maximum atomic E-state index is 5.69. The Bertz CT molecular complexity index is 504. The molecule has 1 aliphatic heterocycles. The van der Waals surface area contributed by atoms with Crippen molar-refractivity contribution in [1.82, 2.24) is 15.5 Å². The predicted molar refractivity (Wildman–Crippen MR) is 105 cm³/mol. The summed E-state index contributed by atoms with van der Waals surface area (Å²) in [6.07, 6.45) is 2.60. The minimum absolute atomic E-state index is 0.621. The second kappa shape index (κ2) is 11.0. The number of para-hydroxylation sites is 1. The molecule has 0 radical (unpaired) electrons. The molecule has 0 aliphatic carbocycles. The first-order valence-electron chi connectivity index (χ1n) is 9.52. The van der Waals surface area contributed by atoms with Crippen molar-refractivity contribution in [2.75, 3.05) is 46.4 Å². The largest absolute Gasteiger partial charge is 0.492 e. The van der Waals surface area contributed by atoms with Gasteiger partial charge >= 0.3 is 0 Å². The molecule has 1 saturated heterocycles. The van der Waals surface area contributed by atoms with E-state index in [0.29, 0.717) is 12.5 Å². The Morgan fingerprint density at radius 1 is 1.28 bits per heavy atom. The zero-order valence-corrected chi connectivity index (χ0v) is 16.0. The molecule has 2 rings (SSSR count). The molecule has 140 valence electrons. The zero-order chi connectivity index (χ0) is 17.9. The number of piperidine rings is 1. The van der Waals surface area contributed by atoms with Gasteiger partial charge in [0.05, 0.1) is 6.54 Å². The fraction of sp³-hybridized carbons (Fsp3) is 0.650. The summed E-state index contributed by atoms with van der Waals surface area (Å²) in [6.45, 7) is 10.6. The van der Waals surface area contributed by atoms with Crippen molar-refractivity contribution in [3.05, 3.63) is 30.3 Å². The lowest BCUT2D eigenvalue weighted by molar-refractivity contribution is 0.159. The van der Waals surface area contributed by atoms with Crippen molar-refractivity contribution in [2.24, 2.45) is 16.8 Å². The molecule has 1 atom stereocenters. The van der Waals surface area contributed by atoms with E-state index in [1.165, 1.54) is 32.5 Å². The summed E-state index contributed by atoms with van der Waals surface area (Å²) < 4.78 is 5.69. The van der Waals surface area contributed by atoms with Gasteiger partial charge in [0, 0.05) is 26.7 Å². The number of ether oxygens (including phenoxy) is 1. The Morgan fingerprint density at radius 2 is 2.08 bits per heavy atom. The van der Waals surface area contributed by atoms with E-state index in [9.17, 15) is 0 Å². The summed E-state index contributed by atoms with van der Waals surface area (Å²) >= 11 is 0. The molecule has 0 saturated carbocycles. The van der Waals surface area contributed by atoms with E-state index in [-0.39, 0.29) is 0 Å². The number of rotatable bonds is 8. The van der Waals surface area contributed by atoms with Gasteiger partial charge in [-0.15, -0.1) is 0 Å². The fourth-order valence-corrected chi connectivity index (χ4v) is 3.32. The SMILES string of the molecule is CN=C(NCCOc1ccccc1)NCC1CCCN(CC(C)C)C1. The first kappa shape index (κ1) is 19.6. The molecular formula is C20H34N4O. The molecule has 0 aromatic heterocycles. The van der Waals surface area contributed by atoms with E-state index in [0.717, 1.165) is 30.7 Å². The number of nitrogens with one attached hydrogen (secondary N) is 2. The Morgan fingerprint density at radius 3 is 2.80 bits per heavy atom. The topological polar surface area (TPSA) is 48.9 Å². The number of nitrogens with zero attached hydrogens (tertiary/aromatic N) is 2. The molecule has 0 amide bonds. The Labute approximate surface area is 152 Å². The summed E-state index contributed by atoms with van der Waals surface area (Å²) in [4.78, 5) is 6.91. The van der Waals surface area contributed by atoms with E-state index in [1.807, 2.05) is 37.4 Å². The Balaban J connectivity index is 1.63. The highest BCUT2D eigenvalue weighted by Crippen LogP contribution is 2.16. The van der Waals surface area contributed by atoms with Crippen LogP contribution >= 0.6 is 0 Å². The third kappa shape index (κ3) is 7.78. The molecule has 1 aromatic carbocycles. The van der Waals surface area contributed by atoms with E-state index >= 15 is 0 Å². The van der Waals surface area contributed by atoms with E-state index in [4.69, 9.17) is 4.74 Å². The Hall–Kier alpha value is -1.75. The zero-order valence-electron chi connectivity index (χ0n) is 16.0. The number of aliphatic imine (C=N–C) groups is 1. The predicted octanol–water partition coefficient (Wildman–Crippen LogP) is 2.60. The molecule has 0 spiro atoms. The second-order valence-corrected chi connectivity index (χ2v) is 7.20. The first-order chi connectivity index (χ1) is 12.2. The monoisotopic (exact) mass is 346 g/mol. The highest BCUT2D eigenvalue weighted by atomic mass is 16.5. The van der Waals surface area contributed by atoms with Crippen LogP contribution in [0.3, 0.4) is 0 Å². The van der Waals surface area contributed by atoms with Gasteiger partial charge in [0.2, 0.25) is 0 Å². The summed E-state index contributed by atoms with van der Waals surface area (Å²) in [5, 5.41) is 6.79. The van der Waals surface area contributed by atoms with Gasteiger partial charge in [0.25, 0.3) is 0 Å².